The molecule has 4 aromatic carbocycles. The van der Waals surface area contributed by atoms with E-state index in [2.05, 4.69) is 80.6 Å². The van der Waals surface area contributed by atoms with Gasteiger partial charge in [0.15, 0.2) is 0 Å². The smallest absolute Gasteiger partial charge is 0.148 e. The maximum atomic E-state index is 14.0. The van der Waals surface area contributed by atoms with Gasteiger partial charge in [0.1, 0.15) is 17.2 Å². The zero-order chi connectivity index (χ0) is 28.3. The summed E-state index contributed by atoms with van der Waals surface area (Å²) in [5, 5.41) is 0. The summed E-state index contributed by atoms with van der Waals surface area (Å²) < 4.78 is 27.9. The van der Waals surface area contributed by atoms with Crippen LogP contribution in [-0.4, -0.2) is 0 Å². The fourth-order valence-corrected chi connectivity index (χ4v) is 5.83. The Morgan fingerprint density at radius 3 is 1.61 bits per heavy atom. The first-order valence-corrected chi connectivity index (χ1v) is 13.8. The van der Waals surface area contributed by atoms with E-state index in [0.717, 1.165) is 39.0 Å². The third kappa shape index (κ3) is 5.57. The van der Waals surface area contributed by atoms with Crippen LogP contribution < -0.4 is 0 Å². The van der Waals surface area contributed by atoms with Crippen molar-refractivity contribution in [2.24, 2.45) is 0 Å². The van der Waals surface area contributed by atoms with Crippen molar-refractivity contribution >= 4 is 16.7 Å². The van der Waals surface area contributed by atoms with Gasteiger partial charge in [0.25, 0.3) is 0 Å². The van der Waals surface area contributed by atoms with Gasteiger partial charge in [0.05, 0.1) is 11.1 Å². The van der Waals surface area contributed by atoms with Crippen LogP contribution in [0.4, 0.5) is 8.78 Å². The van der Waals surface area contributed by atoms with Crippen LogP contribution in [0.5, 0.6) is 0 Å². The Labute approximate surface area is 240 Å². The Morgan fingerprint density at radius 1 is 0.585 bits per heavy atom. The van der Waals surface area contributed by atoms with Gasteiger partial charge in [-0.25, -0.2) is 8.78 Å². The first-order valence-electron chi connectivity index (χ1n) is 13.8. The number of hydrogen-bond donors (Lipinski definition) is 0. The van der Waals surface area contributed by atoms with Gasteiger partial charge in [0.2, 0.25) is 0 Å². The van der Waals surface area contributed by atoms with E-state index in [1.165, 1.54) is 46.5 Å². The van der Waals surface area contributed by atoms with Crippen molar-refractivity contribution in [2.75, 3.05) is 0 Å². The quantitative estimate of drug-likeness (QED) is 0.180. The Balaban J connectivity index is 1.54. The number of benzene rings is 4. The summed E-state index contributed by atoms with van der Waals surface area (Å²) in [5.41, 5.74) is 15.4. The molecule has 41 heavy (non-hydrogen) atoms. The van der Waals surface area contributed by atoms with Crippen LogP contribution in [0.15, 0.2) is 155 Å². The third-order valence-electron chi connectivity index (χ3n) is 7.62. The molecule has 0 aliphatic heterocycles. The molecule has 2 heteroatoms. The molecule has 0 saturated carbocycles. The molecule has 6 rings (SSSR count). The SMILES string of the molecule is CC1=CC(=C=C2C=C(c3ccc(F)cc3)C(c3ccccc3)C(c3ccc(F)cc3)=C2)[CH+]C(C)=C1c1ccccc1. The maximum absolute atomic E-state index is 14.0. The average molecular weight is 536 g/mol. The van der Waals surface area contributed by atoms with E-state index in [4.69, 9.17) is 0 Å². The molecule has 2 aliphatic carbocycles. The van der Waals surface area contributed by atoms with Gasteiger partial charge in [-0.05, 0) is 90.2 Å². The highest BCUT2D eigenvalue weighted by Crippen LogP contribution is 2.46. The van der Waals surface area contributed by atoms with E-state index in [9.17, 15) is 8.78 Å². The lowest BCUT2D eigenvalue weighted by Gasteiger charge is -2.28. The molecule has 0 spiro atoms. The normalized spacial score (nSPS) is 16.9. The van der Waals surface area contributed by atoms with Crippen molar-refractivity contribution < 1.29 is 8.78 Å². The highest BCUT2D eigenvalue weighted by Gasteiger charge is 2.28. The van der Waals surface area contributed by atoms with Gasteiger partial charge in [-0.15, -0.1) is 0 Å². The minimum absolute atomic E-state index is 0.124. The molecule has 0 heterocycles. The standard InChI is InChI=1S/C39H29F2/c1-26-21-28(22-27(2)38(26)32-9-5-3-6-10-32)23-29-24-36(30-13-17-34(40)18-14-30)39(33-11-7-4-8-12-33)37(25-29)31-15-19-35(41)20-16-31/h3-22,24-25,39H,1-2H3/q+1. The molecule has 0 atom stereocenters. The lowest BCUT2D eigenvalue weighted by atomic mass is 9.74. The lowest BCUT2D eigenvalue weighted by Crippen LogP contribution is -2.10. The van der Waals surface area contributed by atoms with E-state index in [1.54, 1.807) is 0 Å². The van der Waals surface area contributed by atoms with Crippen molar-refractivity contribution in [1.82, 2.24) is 0 Å². The molecule has 0 aromatic heterocycles. The van der Waals surface area contributed by atoms with Gasteiger partial charge in [0, 0.05) is 40.9 Å². The Kier molecular flexibility index (Phi) is 7.25. The van der Waals surface area contributed by atoms with Crippen molar-refractivity contribution in [3.63, 3.8) is 0 Å². The number of rotatable bonds is 4. The van der Waals surface area contributed by atoms with Crippen molar-refractivity contribution in [3.05, 3.63) is 196 Å². The second kappa shape index (κ2) is 11.3. The summed E-state index contributed by atoms with van der Waals surface area (Å²) in [5.74, 6) is -0.674. The van der Waals surface area contributed by atoms with Gasteiger partial charge in [-0.1, -0.05) is 72.8 Å². The zero-order valence-electron chi connectivity index (χ0n) is 23.0. The third-order valence-corrected chi connectivity index (χ3v) is 7.62. The first-order chi connectivity index (χ1) is 20.0. The van der Waals surface area contributed by atoms with Crippen molar-refractivity contribution in [1.29, 1.82) is 0 Å². The Hall–Kier alpha value is -4.91. The summed E-state index contributed by atoms with van der Waals surface area (Å²) in [6, 6.07) is 34.0. The molecule has 0 bridgehead atoms. The van der Waals surface area contributed by atoms with Crippen LogP contribution in [0.3, 0.4) is 0 Å². The van der Waals surface area contributed by atoms with Crippen LogP contribution in [0.2, 0.25) is 0 Å². The number of halogens is 2. The Morgan fingerprint density at radius 2 is 1.10 bits per heavy atom. The minimum Gasteiger partial charge on any atom is -0.207 e. The summed E-state index contributed by atoms with van der Waals surface area (Å²) in [4.78, 5) is 0. The number of allylic oxidation sites excluding steroid dienone is 9. The fourth-order valence-electron chi connectivity index (χ4n) is 5.83. The van der Waals surface area contributed by atoms with Crippen LogP contribution in [-0.2, 0) is 0 Å². The lowest BCUT2D eigenvalue weighted by molar-refractivity contribution is 0.627. The summed E-state index contributed by atoms with van der Waals surface area (Å²) in [7, 11) is 0. The highest BCUT2D eigenvalue weighted by molar-refractivity contribution is 5.93. The van der Waals surface area contributed by atoms with Crippen LogP contribution in [0, 0.1) is 18.1 Å². The molecule has 0 saturated heterocycles. The molecule has 0 radical (unpaired) electrons. The van der Waals surface area contributed by atoms with Crippen molar-refractivity contribution in [2.45, 2.75) is 19.8 Å². The van der Waals surface area contributed by atoms with E-state index in [-0.39, 0.29) is 17.6 Å². The van der Waals surface area contributed by atoms with Gasteiger partial charge in [-0.2, -0.15) is 0 Å². The van der Waals surface area contributed by atoms with Crippen LogP contribution in [0.25, 0.3) is 16.7 Å². The zero-order valence-corrected chi connectivity index (χ0v) is 23.0. The fraction of sp³-hybridized carbons (Fsp3) is 0.0769. The molecule has 2 aliphatic rings. The maximum Gasteiger partial charge on any atom is 0.148 e. The van der Waals surface area contributed by atoms with Crippen molar-refractivity contribution in [3.8, 4) is 0 Å². The predicted octanol–water partition coefficient (Wildman–Crippen LogP) is 10.3. The molecular weight excluding hydrogens is 506 g/mol. The molecule has 0 nitrogen and oxygen atoms in total. The number of hydrogen-bond acceptors (Lipinski definition) is 0. The molecule has 0 unspecified atom stereocenters. The largest absolute Gasteiger partial charge is 0.207 e. The van der Waals surface area contributed by atoms with Crippen LogP contribution >= 0.6 is 0 Å². The summed E-state index contributed by atoms with van der Waals surface area (Å²) in [6.07, 6.45) is 8.63. The average Bonchev–Trinajstić information content (AvgIpc) is 2.98. The highest BCUT2D eigenvalue weighted by atomic mass is 19.1. The van der Waals surface area contributed by atoms with Gasteiger partial charge in [-0.3, -0.25) is 0 Å². The van der Waals surface area contributed by atoms with Crippen LogP contribution in [0.1, 0.15) is 42.0 Å². The molecule has 4 aromatic rings. The second-order valence-electron chi connectivity index (χ2n) is 10.5. The topological polar surface area (TPSA) is 0 Å². The molecule has 0 N–H and O–H groups in total. The monoisotopic (exact) mass is 535 g/mol. The molecule has 198 valence electrons. The van der Waals surface area contributed by atoms with E-state index in [0.29, 0.717) is 0 Å². The second-order valence-corrected chi connectivity index (χ2v) is 10.5. The molecule has 0 fully saturated rings. The first kappa shape index (κ1) is 26.3. The van der Waals surface area contributed by atoms with E-state index >= 15 is 0 Å². The summed E-state index contributed by atoms with van der Waals surface area (Å²) in [6.45, 7) is 4.27. The minimum atomic E-state index is -0.275. The van der Waals surface area contributed by atoms with E-state index < -0.39 is 0 Å². The summed E-state index contributed by atoms with van der Waals surface area (Å²) >= 11 is 0. The van der Waals surface area contributed by atoms with Gasteiger partial charge < -0.3 is 0 Å². The Bertz CT molecular complexity index is 1710. The van der Waals surface area contributed by atoms with Gasteiger partial charge >= 0.3 is 0 Å². The van der Waals surface area contributed by atoms with E-state index in [1.807, 2.05) is 48.5 Å². The predicted molar refractivity (Wildman–Crippen MR) is 166 cm³/mol. The molecular formula is C39H29F2+. The molecule has 0 amide bonds.